The highest BCUT2D eigenvalue weighted by atomic mass is 127. The van der Waals surface area contributed by atoms with Crippen molar-refractivity contribution in [2.24, 2.45) is 0 Å². The van der Waals surface area contributed by atoms with Gasteiger partial charge in [0.05, 0.1) is 10.4 Å². The molecule has 3 rings (SSSR count). The Morgan fingerprint density at radius 1 is 1.33 bits per heavy atom. The number of aryl methyl sites for hydroxylation is 1. The van der Waals surface area contributed by atoms with E-state index < -0.39 is 0 Å². The first-order chi connectivity index (χ1) is 11.6. The van der Waals surface area contributed by atoms with Crippen molar-refractivity contribution in [3.63, 3.8) is 0 Å². The average molecular weight is 453 g/mol. The Hall–Kier alpha value is -1.87. The minimum absolute atomic E-state index is 0.139. The van der Waals surface area contributed by atoms with E-state index in [1.54, 1.807) is 12.4 Å². The number of nitrogens with two attached hydrogens (primary N) is 1. The van der Waals surface area contributed by atoms with E-state index >= 15 is 0 Å². The summed E-state index contributed by atoms with van der Waals surface area (Å²) in [7, 11) is 0. The molecule has 0 saturated carbocycles. The number of rotatable bonds is 5. The number of fused-ring (bicyclic) bond motifs is 1. The van der Waals surface area contributed by atoms with E-state index in [4.69, 9.17) is 8.80 Å². The summed E-state index contributed by atoms with van der Waals surface area (Å²) in [5, 5.41) is 3.86. The highest BCUT2D eigenvalue weighted by Crippen LogP contribution is 2.34. The molecular weight excluding hydrogens is 437 g/mol. The predicted octanol–water partition coefficient (Wildman–Crippen LogP) is 3.89. The maximum absolute atomic E-state index is 12.4. The van der Waals surface area contributed by atoms with Crippen molar-refractivity contribution in [2.75, 3.05) is 12.3 Å². The van der Waals surface area contributed by atoms with Gasteiger partial charge in [-0.15, -0.1) is 11.3 Å². The van der Waals surface area contributed by atoms with Crippen LogP contribution in [0.2, 0.25) is 0 Å². The van der Waals surface area contributed by atoms with E-state index in [0.717, 1.165) is 33.4 Å². The molecule has 1 aromatic carbocycles. The molecule has 0 aliphatic rings. The quantitative estimate of drug-likeness (QED) is 0.575. The highest BCUT2D eigenvalue weighted by molar-refractivity contribution is 14.1. The summed E-state index contributed by atoms with van der Waals surface area (Å²) in [6.45, 7) is 2.50. The van der Waals surface area contributed by atoms with Gasteiger partial charge in [-0.05, 0) is 36.6 Å². The minimum Gasteiger partial charge on any atom is -0.428 e. The third kappa shape index (κ3) is 3.46. The van der Waals surface area contributed by atoms with Crippen LogP contribution in [0.1, 0.15) is 20.8 Å². The Balaban J connectivity index is 1.67. The normalized spacial score (nSPS) is 10.8. The molecule has 2 aromatic heterocycles. The average Bonchev–Trinajstić information content (AvgIpc) is 2.93. The fourth-order valence-corrected chi connectivity index (χ4v) is 3.90. The lowest BCUT2D eigenvalue weighted by molar-refractivity contribution is 0.0959. The van der Waals surface area contributed by atoms with Gasteiger partial charge < -0.3 is 14.1 Å². The fourth-order valence-electron chi connectivity index (χ4n) is 2.52. The summed E-state index contributed by atoms with van der Waals surface area (Å²) in [6.07, 6.45) is 4.26. The molecule has 0 aliphatic carbocycles. The summed E-state index contributed by atoms with van der Waals surface area (Å²) in [4.78, 5) is 17.1. The first-order valence-electron chi connectivity index (χ1n) is 7.38. The molecule has 7 heteroatoms. The molecule has 0 spiro atoms. The summed E-state index contributed by atoms with van der Waals surface area (Å²) in [6, 6.07) is 7.79. The minimum atomic E-state index is -0.139. The number of carbonyl (C=O) groups excluding carboxylic acids is 1. The van der Waals surface area contributed by atoms with E-state index in [0.29, 0.717) is 17.1 Å². The zero-order chi connectivity index (χ0) is 17.1. The molecule has 0 radical (unpaired) electrons. The van der Waals surface area contributed by atoms with Crippen molar-refractivity contribution in [1.29, 1.82) is 0 Å². The van der Waals surface area contributed by atoms with Crippen LogP contribution in [0.4, 0.5) is 5.69 Å². The molecule has 0 bridgehead atoms. The molecular formula is C17H16IN3O2S. The van der Waals surface area contributed by atoms with Gasteiger partial charge in [-0.1, -0.05) is 12.1 Å². The largest absolute Gasteiger partial charge is 0.428 e. The number of nitrogen functional groups attached to an aromatic ring is 1. The number of pyridine rings is 1. The molecule has 0 saturated heterocycles. The summed E-state index contributed by atoms with van der Waals surface area (Å²) < 4.78 is 6.04. The van der Waals surface area contributed by atoms with Gasteiger partial charge in [-0.25, -0.2) is 0 Å². The van der Waals surface area contributed by atoms with Gasteiger partial charge in [-0.3, -0.25) is 9.78 Å². The Kier molecular flexibility index (Phi) is 5.20. The molecule has 3 aromatic rings. The molecule has 0 fully saturated rings. The van der Waals surface area contributed by atoms with E-state index in [1.807, 2.05) is 54.2 Å². The van der Waals surface area contributed by atoms with Gasteiger partial charge in [0.15, 0.2) is 23.0 Å². The van der Waals surface area contributed by atoms with Crippen LogP contribution in [-0.2, 0) is 6.42 Å². The molecule has 0 unspecified atom stereocenters. The SMILES string of the molecule is Cc1cncc2sc(C(=O)NCCc3ccc(OI)cc3)c(N)c12. The van der Waals surface area contributed by atoms with Crippen LogP contribution < -0.4 is 14.1 Å². The monoisotopic (exact) mass is 453 g/mol. The van der Waals surface area contributed by atoms with Crippen LogP contribution in [0, 0.1) is 6.92 Å². The van der Waals surface area contributed by atoms with Gasteiger partial charge in [-0.2, -0.15) is 0 Å². The maximum Gasteiger partial charge on any atom is 0.263 e. The lowest BCUT2D eigenvalue weighted by atomic mass is 10.1. The zero-order valence-electron chi connectivity index (χ0n) is 13.0. The number of thiophene rings is 1. The Morgan fingerprint density at radius 3 is 2.75 bits per heavy atom. The van der Waals surface area contributed by atoms with Crippen LogP contribution in [0.3, 0.4) is 0 Å². The van der Waals surface area contributed by atoms with Crippen molar-refractivity contribution < 1.29 is 7.86 Å². The number of nitrogens with zero attached hydrogens (tertiary/aromatic N) is 1. The molecule has 0 aliphatic heterocycles. The molecule has 2 heterocycles. The molecule has 24 heavy (non-hydrogen) atoms. The number of amides is 1. The number of nitrogens with one attached hydrogen (secondary N) is 1. The van der Waals surface area contributed by atoms with Gasteiger partial charge in [0.2, 0.25) is 0 Å². The lowest BCUT2D eigenvalue weighted by Crippen LogP contribution is -2.25. The standard InChI is InChI=1S/C17H16IN3O2S/c1-10-8-20-9-13-14(10)15(19)16(24-13)17(22)21-7-6-11-2-4-12(23-18)5-3-11/h2-5,8-9H,6-7,19H2,1H3,(H,21,22). The number of hydrogen-bond acceptors (Lipinski definition) is 5. The summed E-state index contributed by atoms with van der Waals surface area (Å²) in [5.74, 6) is 0.672. The van der Waals surface area contributed by atoms with Crippen molar-refractivity contribution in [2.45, 2.75) is 13.3 Å². The van der Waals surface area contributed by atoms with Crippen LogP contribution in [0.15, 0.2) is 36.7 Å². The van der Waals surface area contributed by atoms with Crippen molar-refractivity contribution >= 4 is 56.0 Å². The van der Waals surface area contributed by atoms with Crippen LogP contribution in [0.25, 0.3) is 10.1 Å². The highest BCUT2D eigenvalue weighted by Gasteiger charge is 2.17. The zero-order valence-corrected chi connectivity index (χ0v) is 16.0. The Labute approximate surface area is 157 Å². The van der Waals surface area contributed by atoms with Crippen LogP contribution >= 0.6 is 34.3 Å². The number of halogens is 1. The fraction of sp³-hybridized carbons (Fsp3) is 0.176. The van der Waals surface area contributed by atoms with E-state index in [-0.39, 0.29) is 5.91 Å². The lowest BCUT2D eigenvalue weighted by Gasteiger charge is -2.05. The number of benzene rings is 1. The number of carbonyl (C=O) groups is 1. The second kappa shape index (κ2) is 7.35. The summed E-state index contributed by atoms with van der Waals surface area (Å²) >= 11 is 3.23. The van der Waals surface area contributed by atoms with Crippen molar-refractivity contribution in [1.82, 2.24) is 10.3 Å². The molecule has 5 nitrogen and oxygen atoms in total. The number of aromatic nitrogens is 1. The van der Waals surface area contributed by atoms with Gasteiger partial charge in [0.25, 0.3) is 5.91 Å². The van der Waals surface area contributed by atoms with Gasteiger partial charge in [0.1, 0.15) is 10.6 Å². The second-order valence-corrected chi connectivity index (χ2v) is 6.89. The van der Waals surface area contributed by atoms with E-state index in [9.17, 15) is 4.79 Å². The van der Waals surface area contributed by atoms with Crippen LogP contribution in [0.5, 0.6) is 5.75 Å². The van der Waals surface area contributed by atoms with E-state index in [1.165, 1.54) is 11.3 Å². The Bertz CT molecular complexity index is 877. The molecule has 1 amide bonds. The van der Waals surface area contributed by atoms with Crippen molar-refractivity contribution in [3.05, 3.63) is 52.7 Å². The Morgan fingerprint density at radius 2 is 2.08 bits per heavy atom. The smallest absolute Gasteiger partial charge is 0.263 e. The van der Waals surface area contributed by atoms with Gasteiger partial charge >= 0.3 is 0 Å². The van der Waals surface area contributed by atoms with E-state index in [2.05, 4.69) is 10.3 Å². The molecule has 124 valence electrons. The predicted molar refractivity (Wildman–Crippen MR) is 106 cm³/mol. The first-order valence-corrected chi connectivity index (χ1v) is 9.08. The second-order valence-electron chi connectivity index (χ2n) is 5.40. The maximum atomic E-state index is 12.4. The first kappa shape index (κ1) is 17.0. The third-order valence-corrected chi connectivity index (χ3v) is 5.39. The third-order valence-electron chi connectivity index (χ3n) is 3.74. The number of anilines is 1. The van der Waals surface area contributed by atoms with Crippen molar-refractivity contribution in [3.8, 4) is 5.75 Å². The topological polar surface area (TPSA) is 77.2 Å². The number of hydrogen-bond donors (Lipinski definition) is 2. The molecule has 0 atom stereocenters. The molecule has 3 N–H and O–H groups in total. The van der Waals surface area contributed by atoms with Crippen LogP contribution in [-0.4, -0.2) is 17.4 Å². The van der Waals surface area contributed by atoms with Gasteiger partial charge in [0, 0.05) is 24.3 Å². The summed E-state index contributed by atoms with van der Waals surface area (Å²) in [5.41, 5.74) is 8.82.